The maximum atomic E-state index is 11.6. The molecule has 7 heteroatoms. The Kier molecular flexibility index (Phi) is 7.64. The summed E-state index contributed by atoms with van der Waals surface area (Å²) in [4.78, 5) is 13.8. The quantitative estimate of drug-likeness (QED) is 0.427. The van der Waals surface area contributed by atoms with E-state index in [1.54, 1.807) is 47.8 Å². The summed E-state index contributed by atoms with van der Waals surface area (Å²) >= 11 is 3.24. The molecular weight excluding hydrogens is 344 g/mol. The third-order valence-corrected chi connectivity index (χ3v) is 5.01. The van der Waals surface area contributed by atoms with Crippen LogP contribution in [0, 0.1) is 0 Å². The molecule has 0 radical (unpaired) electrons. The highest BCUT2D eigenvalue weighted by atomic mass is 32.2. The predicted octanol–water partition coefficient (Wildman–Crippen LogP) is 3.28. The molecule has 0 atom stereocenters. The van der Waals surface area contributed by atoms with Gasteiger partial charge in [-0.05, 0) is 48.5 Å². The lowest BCUT2D eigenvalue weighted by atomic mass is 10.3. The van der Waals surface area contributed by atoms with Crippen LogP contribution in [0.3, 0.4) is 0 Å². The molecule has 0 saturated carbocycles. The van der Waals surface area contributed by atoms with E-state index in [0.717, 1.165) is 21.3 Å². The smallest absolute Gasteiger partial charge is 0.314 e. The Morgan fingerprint density at radius 3 is 1.50 bits per heavy atom. The molecular formula is C17H20N2O3S2. The van der Waals surface area contributed by atoms with Gasteiger partial charge in [0.05, 0.1) is 0 Å². The van der Waals surface area contributed by atoms with Crippen molar-refractivity contribution < 1.29 is 15.0 Å². The van der Waals surface area contributed by atoms with Crippen LogP contribution in [0.5, 0.6) is 11.5 Å². The molecule has 128 valence electrons. The van der Waals surface area contributed by atoms with E-state index in [-0.39, 0.29) is 17.5 Å². The molecule has 2 rings (SSSR count). The van der Waals surface area contributed by atoms with E-state index in [2.05, 4.69) is 10.6 Å². The van der Waals surface area contributed by atoms with Crippen molar-refractivity contribution in [2.45, 2.75) is 9.79 Å². The lowest BCUT2D eigenvalue weighted by Gasteiger charge is -2.07. The number of carbonyl (C=O) groups excluding carboxylic acids is 1. The first-order valence-electron chi connectivity index (χ1n) is 7.49. The Balaban J connectivity index is 1.52. The largest absolute Gasteiger partial charge is 0.508 e. The van der Waals surface area contributed by atoms with Gasteiger partial charge in [-0.3, -0.25) is 0 Å². The molecule has 24 heavy (non-hydrogen) atoms. The van der Waals surface area contributed by atoms with Gasteiger partial charge < -0.3 is 20.8 Å². The fourth-order valence-electron chi connectivity index (χ4n) is 1.81. The molecule has 0 aliphatic rings. The summed E-state index contributed by atoms with van der Waals surface area (Å²) in [5.74, 6) is 2.03. The SMILES string of the molecule is O=C(NCCSc1ccc(O)cc1)NCCSc1ccc(O)cc1. The van der Waals surface area contributed by atoms with Crippen molar-refractivity contribution in [3.05, 3.63) is 48.5 Å². The highest BCUT2D eigenvalue weighted by molar-refractivity contribution is 7.99. The van der Waals surface area contributed by atoms with Gasteiger partial charge in [-0.2, -0.15) is 0 Å². The number of hydrogen-bond acceptors (Lipinski definition) is 5. The first-order chi connectivity index (χ1) is 11.6. The van der Waals surface area contributed by atoms with Crippen LogP contribution in [-0.2, 0) is 0 Å². The molecule has 2 aromatic rings. The molecule has 0 unspecified atom stereocenters. The van der Waals surface area contributed by atoms with E-state index in [0.29, 0.717) is 13.1 Å². The summed E-state index contributed by atoms with van der Waals surface area (Å²) in [5.41, 5.74) is 0. The zero-order valence-corrected chi connectivity index (χ0v) is 14.7. The van der Waals surface area contributed by atoms with E-state index in [4.69, 9.17) is 0 Å². The summed E-state index contributed by atoms with van der Waals surface area (Å²) in [7, 11) is 0. The molecule has 0 saturated heterocycles. The van der Waals surface area contributed by atoms with Crippen LogP contribution in [-0.4, -0.2) is 40.8 Å². The van der Waals surface area contributed by atoms with Crippen molar-refractivity contribution in [2.75, 3.05) is 24.6 Å². The average Bonchev–Trinajstić information content (AvgIpc) is 2.59. The standard InChI is InChI=1S/C17H20N2O3S2/c20-13-1-5-15(6-2-13)23-11-9-18-17(22)19-10-12-24-16-7-3-14(21)4-8-16/h1-8,20-21H,9-12H2,(H2,18,19,22). The minimum atomic E-state index is -0.174. The first kappa shape index (κ1) is 18.4. The first-order valence-corrected chi connectivity index (χ1v) is 9.46. The molecule has 5 nitrogen and oxygen atoms in total. The number of phenolic OH excluding ortho intramolecular Hbond substituents is 2. The number of urea groups is 1. The Hall–Kier alpha value is -1.99. The monoisotopic (exact) mass is 364 g/mol. The maximum absolute atomic E-state index is 11.6. The molecule has 0 bridgehead atoms. The Labute approximate surface area is 149 Å². The van der Waals surface area contributed by atoms with E-state index in [1.165, 1.54) is 0 Å². The second kappa shape index (κ2) is 10.00. The van der Waals surface area contributed by atoms with Crippen LogP contribution in [0.15, 0.2) is 58.3 Å². The van der Waals surface area contributed by atoms with Crippen molar-refractivity contribution in [2.24, 2.45) is 0 Å². The number of phenols is 2. The molecule has 4 N–H and O–H groups in total. The second-order valence-electron chi connectivity index (χ2n) is 4.87. The van der Waals surface area contributed by atoms with E-state index in [1.807, 2.05) is 24.3 Å². The number of aromatic hydroxyl groups is 2. The van der Waals surface area contributed by atoms with Gasteiger partial charge in [-0.15, -0.1) is 23.5 Å². The number of hydrogen-bond donors (Lipinski definition) is 4. The highest BCUT2D eigenvalue weighted by Gasteiger charge is 2.00. The lowest BCUT2D eigenvalue weighted by molar-refractivity contribution is 0.242. The number of amides is 2. The average molecular weight is 364 g/mol. The lowest BCUT2D eigenvalue weighted by Crippen LogP contribution is -2.37. The molecule has 2 aromatic carbocycles. The zero-order chi connectivity index (χ0) is 17.2. The third kappa shape index (κ3) is 7.06. The number of carbonyl (C=O) groups is 1. The molecule has 0 fully saturated rings. The Morgan fingerprint density at radius 1 is 0.750 bits per heavy atom. The van der Waals surface area contributed by atoms with Crippen molar-refractivity contribution in [3.8, 4) is 11.5 Å². The van der Waals surface area contributed by atoms with Gasteiger partial charge in [-0.1, -0.05) is 0 Å². The zero-order valence-electron chi connectivity index (χ0n) is 13.1. The molecule has 0 heterocycles. The molecule has 0 aliphatic heterocycles. The Bertz CT molecular complexity index is 578. The fourth-order valence-corrected chi connectivity index (χ4v) is 3.35. The van der Waals surface area contributed by atoms with Crippen molar-refractivity contribution in [3.63, 3.8) is 0 Å². The van der Waals surface area contributed by atoms with Crippen LogP contribution >= 0.6 is 23.5 Å². The van der Waals surface area contributed by atoms with Gasteiger partial charge in [0.25, 0.3) is 0 Å². The van der Waals surface area contributed by atoms with Crippen LogP contribution in [0.2, 0.25) is 0 Å². The number of rotatable bonds is 8. The predicted molar refractivity (Wildman–Crippen MR) is 99.1 cm³/mol. The second-order valence-corrected chi connectivity index (χ2v) is 7.20. The van der Waals surface area contributed by atoms with Crippen molar-refractivity contribution >= 4 is 29.6 Å². The normalized spacial score (nSPS) is 10.3. The topological polar surface area (TPSA) is 81.6 Å². The molecule has 2 amide bonds. The summed E-state index contributed by atoms with van der Waals surface area (Å²) in [5, 5.41) is 24.0. The van der Waals surface area contributed by atoms with Gasteiger partial charge in [0, 0.05) is 34.4 Å². The van der Waals surface area contributed by atoms with Crippen molar-refractivity contribution in [1.29, 1.82) is 0 Å². The number of nitrogens with one attached hydrogen (secondary N) is 2. The Morgan fingerprint density at radius 2 is 1.12 bits per heavy atom. The van der Waals surface area contributed by atoms with Gasteiger partial charge in [-0.25, -0.2) is 4.79 Å². The van der Waals surface area contributed by atoms with E-state index >= 15 is 0 Å². The van der Waals surface area contributed by atoms with Gasteiger partial charge in [0.2, 0.25) is 0 Å². The van der Waals surface area contributed by atoms with E-state index < -0.39 is 0 Å². The van der Waals surface area contributed by atoms with E-state index in [9.17, 15) is 15.0 Å². The molecule has 0 aliphatic carbocycles. The van der Waals surface area contributed by atoms with Crippen molar-refractivity contribution in [1.82, 2.24) is 10.6 Å². The molecule has 0 spiro atoms. The minimum absolute atomic E-state index is 0.174. The highest BCUT2D eigenvalue weighted by Crippen LogP contribution is 2.20. The van der Waals surface area contributed by atoms with Crippen LogP contribution < -0.4 is 10.6 Å². The molecule has 0 aromatic heterocycles. The van der Waals surface area contributed by atoms with Gasteiger partial charge in [0.1, 0.15) is 11.5 Å². The summed E-state index contributed by atoms with van der Waals surface area (Å²) < 4.78 is 0. The van der Waals surface area contributed by atoms with Crippen LogP contribution in [0.1, 0.15) is 0 Å². The van der Waals surface area contributed by atoms with Gasteiger partial charge >= 0.3 is 6.03 Å². The summed E-state index contributed by atoms with van der Waals surface area (Å²) in [6.07, 6.45) is 0. The summed E-state index contributed by atoms with van der Waals surface area (Å²) in [6, 6.07) is 13.8. The van der Waals surface area contributed by atoms with Crippen LogP contribution in [0.25, 0.3) is 0 Å². The van der Waals surface area contributed by atoms with Crippen LogP contribution in [0.4, 0.5) is 4.79 Å². The maximum Gasteiger partial charge on any atom is 0.314 e. The third-order valence-electron chi connectivity index (χ3n) is 2.99. The number of thioether (sulfide) groups is 2. The minimum Gasteiger partial charge on any atom is -0.508 e. The summed E-state index contributed by atoms with van der Waals surface area (Å²) in [6.45, 7) is 1.14. The number of benzene rings is 2. The van der Waals surface area contributed by atoms with Gasteiger partial charge in [0.15, 0.2) is 0 Å². The fraction of sp³-hybridized carbons (Fsp3) is 0.235.